The SMILES string of the molecule is C=C(F)C(=O)OCCOc1ccc(/C=C/C(=O)Sc2ccc(-c3ccc(OCCCOC(=O)C(=C)CC(=O)OC)cc3)cc2)cc1CC. The molecule has 0 fully saturated rings. The Kier molecular flexibility index (Phi) is 15.1. The van der Waals surface area contributed by atoms with Gasteiger partial charge in [0.15, 0.2) is 0 Å². The van der Waals surface area contributed by atoms with E-state index in [9.17, 15) is 23.6 Å². The first kappa shape index (κ1) is 37.3. The van der Waals surface area contributed by atoms with Gasteiger partial charge in [-0.1, -0.05) is 56.5 Å². The Morgan fingerprint density at radius 2 is 1.48 bits per heavy atom. The first-order valence-electron chi connectivity index (χ1n) is 15.0. The number of hydrogen-bond donors (Lipinski definition) is 0. The molecule has 11 heteroatoms. The number of hydrogen-bond acceptors (Lipinski definition) is 10. The lowest BCUT2D eigenvalue weighted by molar-refractivity contribution is -0.144. The molecule has 0 aliphatic heterocycles. The lowest BCUT2D eigenvalue weighted by atomic mass is 10.1. The predicted molar refractivity (Wildman–Crippen MR) is 181 cm³/mol. The molecule has 0 aliphatic rings. The van der Waals surface area contributed by atoms with Crippen molar-refractivity contribution in [3.05, 3.63) is 108 Å². The fourth-order valence-corrected chi connectivity index (χ4v) is 4.73. The first-order chi connectivity index (χ1) is 23.1. The van der Waals surface area contributed by atoms with Crippen LogP contribution in [-0.2, 0) is 39.8 Å². The van der Waals surface area contributed by atoms with Gasteiger partial charge >= 0.3 is 17.9 Å². The first-order valence-corrected chi connectivity index (χ1v) is 15.8. The van der Waals surface area contributed by atoms with Crippen molar-refractivity contribution in [2.24, 2.45) is 0 Å². The largest absolute Gasteiger partial charge is 0.493 e. The molecule has 0 radical (unpaired) electrons. The van der Waals surface area contributed by atoms with Gasteiger partial charge in [-0.3, -0.25) is 9.59 Å². The van der Waals surface area contributed by atoms with E-state index in [0.29, 0.717) is 30.9 Å². The third-order valence-corrected chi connectivity index (χ3v) is 7.44. The van der Waals surface area contributed by atoms with Crippen molar-refractivity contribution in [3.8, 4) is 22.6 Å². The maximum absolute atomic E-state index is 12.7. The van der Waals surface area contributed by atoms with Gasteiger partial charge in [0.05, 0.1) is 26.7 Å². The quantitative estimate of drug-likeness (QED) is 0.0455. The molecule has 3 aromatic carbocycles. The minimum Gasteiger partial charge on any atom is -0.493 e. The highest BCUT2D eigenvalue weighted by Gasteiger charge is 2.13. The van der Waals surface area contributed by atoms with Crippen molar-refractivity contribution < 1.29 is 47.3 Å². The van der Waals surface area contributed by atoms with Crippen LogP contribution < -0.4 is 9.47 Å². The summed E-state index contributed by atoms with van der Waals surface area (Å²) in [4.78, 5) is 47.6. The van der Waals surface area contributed by atoms with Crippen molar-refractivity contribution in [2.45, 2.75) is 31.1 Å². The number of esters is 3. The van der Waals surface area contributed by atoms with Gasteiger partial charge in [-0.15, -0.1) is 0 Å². The Labute approximate surface area is 283 Å². The molecule has 0 aromatic heterocycles. The summed E-state index contributed by atoms with van der Waals surface area (Å²) in [5.74, 6) is -2.17. The van der Waals surface area contributed by atoms with E-state index in [1.807, 2.05) is 67.6 Å². The van der Waals surface area contributed by atoms with Gasteiger partial charge in [-0.2, -0.15) is 4.39 Å². The number of rotatable bonds is 18. The van der Waals surface area contributed by atoms with E-state index >= 15 is 0 Å². The summed E-state index contributed by atoms with van der Waals surface area (Å²) in [5, 5.41) is -0.125. The second kappa shape index (κ2) is 19.5. The molecule has 9 nitrogen and oxygen atoms in total. The summed E-state index contributed by atoms with van der Waals surface area (Å²) in [5.41, 5.74) is 3.74. The Bertz CT molecular complexity index is 1630. The summed E-state index contributed by atoms with van der Waals surface area (Å²) < 4.78 is 38.3. The Balaban J connectivity index is 1.42. The van der Waals surface area contributed by atoms with Crippen LogP contribution in [0.25, 0.3) is 17.2 Å². The fraction of sp³-hybridized carbons (Fsp3) is 0.243. The third kappa shape index (κ3) is 12.6. The molecule has 3 aromatic rings. The second-order valence-electron chi connectivity index (χ2n) is 10.1. The standard InChI is InChI=1S/C37H37FO9S/c1-5-28-24-27(7-17-33(28)45-21-22-47-37(42)26(3)38)8-18-35(40)48-32-15-11-30(12-16-32)29-9-13-31(14-10-29)44-19-6-20-46-36(41)25(2)23-34(39)43-4/h7-18,24H,2-3,5-6,19-23H2,1,4H3/b18-8+. The number of methoxy groups -OCH3 is 1. The molecule has 0 heterocycles. The molecule has 0 saturated heterocycles. The molecular weight excluding hydrogens is 639 g/mol. The Hall–Kier alpha value is -5.16. The van der Waals surface area contributed by atoms with Crippen LogP contribution in [0, 0.1) is 0 Å². The van der Waals surface area contributed by atoms with Gasteiger partial charge in [0.2, 0.25) is 10.9 Å². The Morgan fingerprint density at radius 3 is 2.12 bits per heavy atom. The molecule has 0 N–H and O–H groups in total. The average molecular weight is 677 g/mol. The lowest BCUT2D eigenvalue weighted by Gasteiger charge is -2.11. The van der Waals surface area contributed by atoms with E-state index in [1.54, 1.807) is 12.1 Å². The van der Waals surface area contributed by atoms with Crippen molar-refractivity contribution in [1.82, 2.24) is 0 Å². The maximum atomic E-state index is 12.7. The van der Waals surface area contributed by atoms with Gasteiger partial charge in [0, 0.05) is 16.9 Å². The van der Waals surface area contributed by atoms with Crippen LogP contribution >= 0.6 is 11.8 Å². The second-order valence-corrected chi connectivity index (χ2v) is 11.2. The number of carbonyl (C=O) groups is 4. The van der Waals surface area contributed by atoms with Crippen LogP contribution in [0.4, 0.5) is 4.39 Å². The zero-order valence-electron chi connectivity index (χ0n) is 26.8. The van der Waals surface area contributed by atoms with Crippen LogP contribution in [0.2, 0.25) is 0 Å². The van der Waals surface area contributed by atoms with Gasteiger partial charge in [-0.05, 0) is 82.9 Å². The molecule has 0 unspecified atom stereocenters. The van der Waals surface area contributed by atoms with E-state index in [-0.39, 0.29) is 36.9 Å². The van der Waals surface area contributed by atoms with Crippen LogP contribution in [0.3, 0.4) is 0 Å². The fourth-order valence-electron chi connectivity index (χ4n) is 4.09. The van der Waals surface area contributed by atoms with Crippen molar-refractivity contribution in [1.29, 1.82) is 0 Å². The van der Waals surface area contributed by atoms with E-state index in [1.165, 1.54) is 13.2 Å². The zero-order valence-corrected chi connectivity index (χ0v) is 27.6. The average Bonchev–Trinajstić information content (AvgIpc) is 3.09. The molecule has 0 spiro atoms. The van der Waals surface area contributed by atoms with Crippen LogP contribution in [0.15, 0.2) is 102 Å². The molecule has 0 aliphatic carbocycles. The Morgan fingerprint density at radius 1 is 0.812 bits per heavy atom. The van der Waals surface area contributed by atoms with Gasteiger partial charge in [0.1, 0.15) is 24.7 Å². The number of benzene rings is 3. The lowest BCUT2D eigenvalue weighted by Crippen LogP contribution is -2.13. The van der Waals surface area contributed by atoms with Crippen molar-refractivity contribution in [2.75, 3.05) is 33.5 Å². The molecule has 48 heavy (non-hydrogen) atoms. The highest BCUT2D eigenvalue weighted by Crippen LogP contribution is 2.27. The van der Waals surface area contributed by atoms with E-state index in [4.69, 9.17) is 18.9 Å². The van der Waals surface area contributed by atoms with Gasteiger partial charge in [0.25, 0.3) is 0 Å². The minimum absolute atomic E-state index is 0.0379. The monoisotopic (exact) mass is 676 g/mol. The summed E-state index contributed by atoms with van der Waals surface area (Å²) in [6.07, 6.45) is 4.19. The van der Waals surface area contributed by atoms with Crippen LogP contribution in [0.5, 0.6) is 11.5 Å². The number of thioether (sulfide) groups is 1. The number of carbonyl (C=O) groups excluding carboxylic acids is 4. The number of halogens is 1. The minimum atomic E-state index is -1.16. The summed E-state index contributed by atoms with van der Waals surface area (Å²) >= 11 is 1.12. The van der Waals surface area contributed by atoms with Crippen molar-refractivity contribution in [3.63, 3.8) is 0 Å². The van der Waals surface area contributed by atoms with E-state index in [2.05, 4.69) is 17.9 Å². The molecule has 0 saturated carbocycles. The van der Waals surface area contributed by atoms with Gasteiger partial charge < -0.3 is 23.7 Å². The molecule has 0 amide bonds. The molecule has 252 valence electrons. The summed E-state index contributed by atoms with van der Waals surface area (Å²) in [6.45, 7) is 8.82. The van der Waals surface area contributed by atoms with Crippen LogP contribution in [-0.4, -0.2) is 56.6 Å². The highest BCUT2D eigenvalue weighted by atomic mass is 32.2. The van der Waals surface area contributed by atoms with E-state index in [0.717, 1.165) is 38.9 Å². The van der Waals surface area contributed by atoms with Crippen LogP contribution in [0.1, 0.15) is 30.9 Å². The van der Waals surface area contributed by atoms with Gasteiger partial charge in [-0.25, -0.2) is 9.59 Å². The smallest absolute Gasteiger partial charge is 0.366 e. The topological polar surface area (TPSA) is 114 Å². The third-order valence-electron chi connectivity index (χ3n) is 6.60. The molecular formula is C37H37FO9S. The normalized spacial score (nSPS) is 10.6. The zero-order chi connectivity index (χ0) is 34.9. The highest BCUT2D eigenvalue weighted by molar-refractivity contribution is 8.14. The molecule has 3 rings (SSSR count). The number of aryl methyl sites for hydroxylation is 1. The number of ether oxygens (including phenoxy) is 5. The summed E-state index contributed by atoms with van der Waals surface area (Å²) in [6, 6.07) is 20.7. The molecule has 0 bridgehead atoms. The van der Waals surface area contributed by atoms with E-state index < -0.39 is 23.7 Å². The predicted octanol–water partition coefficient (Wildman–Crippen LogP) is 7.08. The maximum Gasteiger partial charge on any atom is 0.366 e. The summed E-state index contributed by atoms with van der Waals surface area (Å²) in [7, 11) is 1.24. The van der Waals surface area contributed by atoms with Crippen molar-refractivity contribution >= 4 is 40.9 Å². The molecule has 0 atom stereocenters.